The molecule has 0 radical (unpaired) electrons. The van der Waals surface area contributed by atoms with E-state index in [-0.39, 0.29) is 16.9 Å². The van der Waals surface area contributed by atoms with Gasteiger partial charge in [-0.1, -0.05) is 58.0 Å². The van der Waals surface area contributed by atoms with Crippen LogP contribution in [0.5, 0.6) is 0 Å². The van der Waals surface area contributed by atoms with Crippen molar-refractivity contribution in [1.82, 2.24) is 9.80 Å². The smallest absolute Gasteiger partial charge is 0.441 e. The first kappa shape index (κ1) is 30.6. The number of carbonyl (C=O) groups is 2. The highest BCUT2D eigenvalue weighted by Crippen LogP contribution is 2.39. The predicted molar refractivity (Wildman–Crippen MR) is 143 cm³/mol. The summed E-state index contributed by atoms with van der Waals surface area (Å²) in [6.07, 6.45) is -8.27. The van der Waals surface area contributed by atoms with E-state index in [2.05, 4.69) is 32.6 Å². The van der Waals surface area contributed by atoms with Crippen molar-refractivity contribution in [3.05, 3.63) is 46.3 Å². The Hall–Kier alpha value is -2.33. The Bertz CT molecular complexity index is 1110. The van der Waals surface area contributed by atoms with Crippen LogP contribution in [0, 0.1) is 0 Å². The lowest BCUT2D eigenvalue weighted by molar-refractivity contribution is -0.240. The van der Waals surface area contributed by atoms with Crippen LogP contribution in [0.1, 0.15) is 37.8 Å². The number of carbonyl (C=O) groups excluding carboxylic acids is 2. The predicted octanol–water partition coefficient (Wildman–Crippen LogP) is 4.75. The van der Waals surface area contributed by atoms with Crippen molar-refractivity contribution >= 4 is 34.6 Å². The van der Waals surface area contributed by atoms with E-state index in [0.29, 0.717) is 18.4 Å². The van der Waals surface area contributed by atoms with Gasteiger partial charge in [0.25, 0.3) is 0 Å². The molecular formula is C25H31F3IN5O6. The van der Waals surface area contributed by atoms with E-state index >= 15 is 0 Å². The Morgan fingerprint density at radius 3 is 2.65 bits per heavy atom. The largest absolute Gasteiger partial charge is 0.471 e. The Balaban J connectivity index is 1.54. The number of halogens is 4. The van der Waals surface area contributed by atoms with Crippen molar-refractivity contribution in [3.8, 4) is 0 Å². The topological polar surface area (TPSA) is 126 Å². The quantitative estimate of drug-likeness (QED) is 0.128. The number of amides is 2. The van der Waals surface area contributed by atoms with E-state index in [1.807, 2.05) is 0 Å². The van der Waals surface area contributed by atoms with Crippen LogP contribution in [0.3, 0.4) is 0 Å². The third-order valence-electron chi connectivity index (χ3n) is 7.70. The molecule has 4 rings (SSSR count). The summed E-state index contributed by atoms with van der Waals surface area (Å²) in [6, 6.07) is 6.37. The van der Waals surface area contributed by atoms with Gasteiger partial charge in [0, 0.05) is 25.6 Å². The number of benzene rings is 1. The molecule has 0 unspecified atom stereocenters. The summed E-state index contributed by atoms with van der Waals surface area (Å²) in [5.74, 6) is -1.95. The first-order valence-electron chi connectivity index (χ1n) is 12.8. The fourth-order valence-electron chi connectivity index (χ4n) is 5.59. The fraction of sp³-hybridized carbons (Fsp3) is 0.680. The number of ether oxygens (including phenoxy) is 4. The van der Waals surface area contributed by atoms with Gasteiger partial charge < -0.3 is 28.7 Å². The molecule has 2 amide bonds. The van der Waals surface area contributed by atoms with Crippen LogP contribution < -0.4 is 0 Å². The molecule has 3 fully saturated rings. The molecule has 40 heavy (non-hydrogen) atoms. The summed E-state index contributed by atoms with van der Waals surface area (Å²) in [6.45, 7) is 1.23. The molecule has 0 bridgehead atoms. The van der Waals surface area contributed by atoms with Crippen molar-refractivity contribution in [3.63, 3.8) is 0 Å². The van der Waals surface area contributed by atoms with Crippen molar-refractivity contribution < 1.29 is 41.7 Å². The normalized spacial score (nSPS) is 33.0. The molecular weight excluding hydrogens is 650 g/mol. The van der Waals surface area contributed by atoms with Crippen LogP contribution in [0.15, 0.2) is 35.4 Å². The van der Waals surface area contributed by atoms with E-state index in [1.165, 1.54) is 12.0 Å². The molecule has 9 atom stereocenters. The second kappa shape index (κ2) is 12.7. The summed E-state index contributed by atoms with van der Waals surface area (Å²) in [5.41, 5.74) is 9.74. The molecule has 0 N–H and O–H groups in total. The number of nitrogens with zero attached hydrogens (tertiary/aromatic N) is 5. The molecule has 15 heteroatoms. The number of methoxy groups -OCH3 is 1. The van der Waals surface area contributed by atoms with Gasteiger partial charge in [0.1, 0.15) is 12.1 Å². The zero-order valence-corrected chi connectivity index (χ0v) is 24.3. The average Bonchev–Trinajstić information content (AvgIpc) is 3.23. The molecule has 0 aromatic heterocycles. The first-order chi connectivity index (χ1) is 19.0. The zero-order chi connectivity index (χ0) is 29.2. The van der Waals surface area contributed by atoms with Crippen LogP contribution in [0.2, 0.25) is 0 Å². The van der Waals surface area contributed by atoms with E-state index in [1.54, 1.807) is 44.3 Å². The van der Waals surface area contributed by atoms with Gasteiger partial charge in [-0.05, 0) is 37.3 Å². The first-order valence-corrected chi connectivity index (χ1v) is 14.1. The lowest BCUT2D eigenvalue weighted by Gasteiger charge is -2.44. The Morgan fingerprint density at radius 1 is 1.32 bits per heavy atom. The Labute approximate surface area is 243 Å². The molecule has 2 heterocycles. The molecule has 0 spiro atoms. The molecule has 220 valence electrons. The number of hydrogen-bond acceptors (Lipinski definition) is 7. The lowest BCUT2D eigenvalue weighted by Crippen LogP contribution is -2.60. The third-order valence-corrected chi connectivity index (χ3v) is 8.91. The second-order valence-electron chi connectivity index (χ2n) is 10.1. The standard InChI is InChI=1S/C25H31F3IN5O6/c1-13(14-7-5-4-6-8-14)34(23(35)25(26,27)28)12-15-9-10-16(29)22(38-15)39-20-17(31-32-30)11-18(37-3)19-21(20)40-24(36)33(19)2/h4-8,13,15-22H,9-12H2,1-3H3/t13-,15+,16-,17+,18+,19-,20-,21-,22+/m1/s1. The highest BCUT2D eigenvalue weighted by Gasteiger charge is 2.56. The van der Waals surface area contributed by atoms with Crippen molar-refractivity contribution in [1.29, 1.82) is 0 Å². The van der Waals surface area contributed by atoms with E-state index in [9.17, 15) is 28.3 Å². The maximum atomic E-state index is 13.6. The SMILES string of the molecule is CO[C@H]1C[C@H](N=[N+]=[N-])[C@@H](O[C@@H]2O[C@H](CN(C(=O)C(F)(F)F)[C@H](C)c3ccccc3)CC[C@H]2I)[C@@H]2OC(=O)N(C)[C@@H]21. The third kappa shape index (κ3) is 6.43. The number of fused-ring (bicyclic) bond motifs is 1. The molecule has 3 aliphatic rings. The van der Waals surface area contributed by atoms with Gasteiger partial charge in [0.2, 0.25) is 0 Å². The summed E-state index contributed by atoms with van der Waals surface area (Å²) in [7, 11) is 3.07. The molecule has 1 saturated carbocycles. The average molecular weight is 681 g/mol. The minimum absolute atomic E-state index is 0.202. The summed E-state index contributed by atoms with van der Waals surface area (Å²) in [4.78, 5) is 30.0. The monoisotopic (exact) mass is 681 g/mol. The molecule has 1 aromatic rings. The van der Waals surface area contributed by atoms with Crippen LogP contribution in [0.4, 0.5) is 18.0 Å². The summed E-state index contributed by atoms with van der Waals surface area (Å²) in [5, 5.41) is 3.87. The maximum absolute atomic E-state index is 13.6. The van der Waals surface area contributed by atoms with Gasteiger partial charge in [-0.3, -0.25) is 4.79 Å². The highest BCUT2D eigenvalue weighted by atomic mass is 127. The van der Waals surface area contributed by atoms with Crippen LogP contribution in [0.25, 0.3) is 10.4 Å². The van der Waals surface area contributed by atoms with Gasteiger partial charge >= 0.3 is 18.2 Å². The molecule has 1 aliphatic carbocycles. The minimum Gasteiger partial charge on any atom is -0.441 e. The van der Waals surface area contributed by atoms with Crippen molar-refractivity contribution in [2.24, 2.45) is 5.11 Å². The lowest BCUT2D eigenvalue weighted by atomic mass is 9.83. The number of hydrogen-bond donors (Lipinski definition) is 0. The number of likely N-dealkylation sites (N-methyl/N-ethyl adjacent to an activating group) is 1. The Kier molecular flexibility index (Phi) is 9.70. The van der Waals surface area contributed by atoms with Gasteiger partial charge in [-0.15, -0.1) is 0 Å². The van der Waals surface area contributed by atoms with E-state index in [0.717, 1.165) is 4.90 Å². The summed E-state index contributed by atoms with van der Waals surface area (Å²) < 4.78 is 64.2. The summed E-state index contributed by atoms with van der Waals surface area (Å²) >= 11 is 2.14. The number of alkyl halides is 4. The maximum Gasteiger partial charge on any atom is 0.471 e. The molecule has 11 nitrogen and oxygen atoms in total. The van der Waals surface area contributed by atoms with Gasteiger partial charge in [0.15, 0.2) is 12.4 Å². The number of azide groups is 1. The van der Waals surface area contributed by atoms with Crippen LogP contribution >= 0.6 is 22.6 Å². The van der Waals surface area contributed by atoms with Crippen LogP contribution in [-0.4, -0.2) is 95.4 Å². The van der Waals surface area contributed by atoms with Crippen molar-refractivity contribution in [2.75, 3.05) is 20.7 Å². The van der Waals surface area contributed by atoms with Crippen LogP contribution in [-0.2, 0) is 23.7 Å². The molecule has 2 aliphatic heterocycles. The van der Waals surface area contributed by atoms with Crippen molar-refractivity contribution in [2.45, 2.75) is 85.1 Å². The van der Waals surface area contributed by atoms with E-state index < -0.39 is 67.0 Å². The highest BCUT2D eigenvalue weighted by molar-refractivity contribution is 14.1. The molecule has 2 saturated heterocycles. The fourth-order valence-corrected chi connectivity index (χ4v) is 6.29. The molecule has 1 aromatic carbocycles. The second-order valence-corrected chi connectivity index (χ2v) is 11.7. The number of rotatable bonds is 8. The van der Waals surface area contributed by atoms with Gasteiger partial charge in [-0.25, -0.2) is 4.79 Å². The van der Waals surface area contributed by atoms with Gasteiger partial charge in [0.05, 0.1) is 28.2 Å². The van der Waals surface area contributed by atoms with Gasteiger partial charge in [-0.2, -0.15) is 13.2 Å². The Morgan fingerprint density at radius 2 is 2.02 bits per heavy atom. The minimum atomic E-state index is -5.06. The van der Waals surface area contributed by atoms with E-state index in [4.69, 9.17) is 18.9 Å². The zero-order valence-electron chi connectivity index (χ0n) is 22.1.